The number of nitrogens with two attached hydrogens (primary N) is 1. The summed E-state index contributed by atoms with van der Waals surface area (Å²) in [4.78, 5) is 23.1. The topological polar surface area (TPSA) is 92.4 Å². The van der Waals surface area contributed by atoms with Crippen molar-refractivity contribution in [2.24, 2.45) is 23.5 Å². The van der Waals surface area contributed by atoms with E-state index in [0.717, 1.165) is 19.3 Å². The minimum absolute atomic E-state index is 0.0682. The van der Waals surface area contributed by atoms with E-state index < -0.39 is 12.0 Å². The molecule has 1 amide bonds. The number of nitrogens with one attached hydrogen (secondary N) is 1. The van der Waals surface area contributed by atoms with Crippen molar-refractivity contribution in [3.63, 3.8) is 0 Å². The zero-order chi connectivity index (χ0) is 15.7. The maximum Gasteiger partial charge on any atom is 0.326 e. The first kappa shape index (κ1) is 18.9. The quantitative estimate of drug-likeness (QED) is 0.572. The van der Waals surface area contributed by atoms with E-state index >= 15 is 0 Å². The Kier molecular flexibility index (Phi) is 9.21. The third-order valence-electron chi connectivity index (χ3n) is 4.02. The molecule has 0 aliphatic heterocycles. The zero-order valence-corrected chi connectivity index (χ0v) is 13.2. The minimum atomic E-state index is -0.963. The first-order valence-corrected chi connectivity index (χ1v) is 7.55. The van der Waals surface area contributed by atoms with E-state index in [4.69, 9.17) is 10.8 Å². The fourth-order valence-electron chi connectivity index (χ4n) is 2.27. The number of aliphatic carboxylic acids is 1. The molecule has 0 fully saturated rings. The average Bonchev–Trinajstić information content (AvgIpc) is 2.39. The molecule has 0 aromatic heterocycles. The van der Waals surface area contributed by atoms with Gasteiger partial charge in [0.2, 0.25) is 5.91 Å². The predicted molar refractivity (Wildman–Crippen MR) is 80.3 cm³/mol. The van der Waals surface area contributed by atoms with E-state index in [1.807, 2.05) is 13.8 Å². The zero-order valence-electron chi connectivity index (χ0n) is 13.2. The van der Waals surface area contributed by atoms with Crippen LogP contribution < -0.4 is 11.1 Å². The summed E-state index contributed by atoms with van der Waals surface area (Å²) >= 11 is 0. The SMILES string of the molecule is CCC(C)C(NC(=O)CCC(CCN)C(C)C)C(=O)O. The molecule has 4 N–H and O–H groups in total. The van der Waals surface area contributed by atoms with Gasteiger partial charge < -0.3 is 16.2 Å². The summed E-state index contributed by atoms with van der Waals surface area (Å²) in [6.45, 7) is 8.62. The van der Waals surface area contributed by atoms with Gasteiger partial charge in [-0.25, -0.2) is 4.79 Å². The van der Waals surface area contributed by atoms with Crippen LogP contribution >= 0.6 is 0 Å². The molecule has 118 valence electrons. The Labute approximate surface area is 122 Å². The van der Waals surface area contributed by atoms with Crippen molar-refractivity contribution in [2.75, 3.05) is 6.54 Å². The van der Waals surface area contributed by atoms with Crippen molar-refractivity contribution >= 4 is 11.9 Å². The largest absolute Gasteiger partial charge is 0.480 e. The summed E-state index contributed by atoms with van der Waals surface area (Å²) in [6.07, 6.45) is 2.74. The van der Waals surface area contributed by atoms with Crippen LogP contribution in [0.2, 0.25) is 0 Å². The van der Waals surface area contributed by atoms with Gasteiger partial charge in [0.1, 0.15) is 6.04 Å². The Balaban J connectivity index is 4.35. The summed E-state index contributed by atoms with van der Waals surface area (Å²) in [5.41, 5.74) is 5.57. The van der Waals surface area contributed by atoms with Crippen LogP contribution in [0.3, 0.4) is 0 Å². The smallest absolute Gasteiger partial charge is 0.326 e. The lowest BCUT2D eigenvalue weighted by molar-refractivity contribution is -0.143. The molecule has 5 heteroatoms. The lowest BCUT2D eigenvalue weighted by Crippen LogP contribution is -2.45. The van der Waals surface area contributed by atoms with Crippen LogP contribution in [-0.4, -0.2) is 29.6 Å². The molecule has 3 unspecified atom stereocenters. The van der Waals surface area contributed by atoms with Crippen LogP contribution in [-0.2, 0) is 9.59 Å². The minimum Gasteiger partial charge on any atom is -0.480 e. The standard InChI is InChI=1S/C15H30N2O3/c1-5-11(4)14(15(19)20)17-13(18)7-6-12(8-9-16)10(2)3/h10-12,14H,5-9,16H2,1-4H3,(H,17,18)(H,19,20). The third kappa shape index (κ3) is 6.89. The molecule has 0 rings (SSSR count). The Morgan fingerprint density at radius 1 is 1.20 bits per heavy atom. The van der Waals surface area contributed by atoms with Gasteiger partial charge in [-0.2, -0.15) is 0 Å². The molecule has 0 aliphatic carbocycles. The van der Waals surface area contributed by atoms with Crippen LogP contribution in [0.5, 0.6) is 0 Å². The van der Waals surface area contributed by atoms with E-state index in [2.05, 4.69) is 19.2 Å². The van der Waals surface area contributed by atoms with E-state index in [9.17, 15) is 9.59 Å². The van der Waals surface area contributed by atoms with E-state index in [1.165, 1.54) is 0 Å². The number of rotatable bonds is 10. The van der Waals surface area contributed by atoms with Gasteiger partial charge >= 0.3 is 5.97 Å². The van der Waals surface area contributed by atoms with Crippen LogP contribution in [0.1, 0.15) is 53.4 Å². The van der Waals surface area contributed by atoms with Crippen LogP contribution in [0.4, 0.5) is 0 Å². The third-order valence-corrected chi connectivity index (χ3v) is 4.02. The number of carboxylic acid groups (broad SMARTS) is 1. The summed E-state index contributed by atoms with van der Waals surface area (Å²) in [5.74, 6) is -0.314. The van der Waals surface area contributed by atoms with Gasteiger partial charge in [-0.05, 0) is 37.1 Å². The monoisotopic (exact) mass is 286 g/mol. The highest BCUT2D eigenvalue weighted by Crippen LogP contribution is 2.20. The second-order valence-electron chi connectivity index (χ2n) is 5.89. The van der Waals surface area contributed by atoms with Crippen LogP contribution in [0, 0.1) is 17.8 Å². The fourth-order valence-corrected chi connectivity index (χ4v) is 2.27. The van der Waals surface area contributed by atoms with Crippen molar-refractivity contribution in [1.82, 2.24) is 5.32 Å². The molecule has 0 aliphatic rings. The second-order valence-corrected chi connectivity index (χ2v) is 5.89. The highest BCUT2D eigenvalue weighted by Gasteiger charge is 2.25. The van der Waals surface area contributed by atoms with E-state index in [1.54, 1.807) is 0 Å². The number of amides is 1. The van der Waals surface area contributed by atoms with Gasteiger partial charge in [0, 0.05) is 6.42 Å². The molecule has 0 saturated heterocycles. The molecule has 0 aromatic rings. The number of hydrogen-bond acceptors (Lipinski definition) is 3. The normalized spacial score (nSPS) is 15.7. The van der Waals surface area contributed by atoms with Gasteiger partial charge in [0.05, 0.1) is 0 Å². The van der Waals surface area contributed by atoms with Crippen molar-refractivity contribution in [3.05, 3.63) is 0 Å². The summed E-state index contributed by atoms with van der Waals surface area (Å²) in [7, 11) is 0. The van der Waals surface area contributed by atoms with Gasteiger partial charge in [-0.3, -0.25) is 4.79 Å². The van der Waals surface area contributed by atoms with Gasteiger partial charge in [0.15, 0.2) is 0 Å². The molecular formula is C15H30N2O3. The van der Waals surface area contributed by atoms with Gasteiger partial charge in [-0.1, -0.05) is 34.1 Å². The summed E-state index contributed by atoms with van der Waals surface area (Å²) < 4.78 is 0. The molecule has 0 heterocycles. The number of carbonyl (C=O) groups is 2. The maximum absolute atomic E-state index is 11.9. The number of carboxylic acids is 1. The van der Waals surface area contributed by atoms with Crippen molar-refractivity contribution in [2.45, 2.75) is 59.4 Å². The van der Waals surface area contributed by atoms with Crippen molar-refractivity contribution < 1.29 is 14.7 Å². The lowest BCUT2D eigenvalue weighted by atomic mass is 9.88. The number of hydrogen-bond donors (Lipinski definition) is 3. The first-order valence-electron chi connectivity index (χ1n) is 7.55. The van der Waals surface area contributed by atoms with Crippen LogP contribution in [0.15, 0.2) is 0 Å². The van der Waals surface area contributed by atoms with Gasteiger partial charge in [-0.15, -0.1) is 0 Å². The Bertz CT molecular complexity index is 305. The Morgan fingerprint density at radius 3 is 2.20 bits per heavy atom. The molecule has 0 saturated carbocycles. The molecule has 0 bridgehead atoms. The average molecular weight is 286 g/mol. The first-order chi connectivity index (χ1) is 9.33. The molecule has 0 aromatic carbocycles. The predicted octanol–water partition coefficient (Wildman–Crippen LogP) is 2.00. The second kappa shape index (κ2) is 9.75. The highest BCUT2D eigenvalue weighted by atomic mass is 16.4. The van der Waals surface area contributed by atoms with E-state index in [-0.39, 0.29) is 11.8 Å². The van der Waals surface area contributed by atoms with E-state index in [0.29, 0.717) is 24.8 Å². The van der Waals surface area contributed by atoms with Crippen molar-refractivity contribution in [1.29, 1.82) is 0 Å². The molecule has 0 spiro atoms. The lowest BCUT2D eigenvalue weighted by Gasteiger charge is -2.22. The maximum atomic E-state index is 11.9. The van der Waals surface area contributed by atoms with Crippen LogP contribution in [0.25, 0.3) is 0 Å². The van der Waals surface area contributed by atoms with Gasteiger partial charge in [0.25, 0.3) is 0 Å². The van der Waals surface area contributed by atoms with Crippen molar-refractivity contribution in [3.8, 4) is 0 Å². The molecule has 5 nitrogen and oxygen atoms in total. The summed E-state index contributed by atoms with van der Waals surface area (Å²) in [5, 5.41) is 11.8. The fraction of sp³-hybridized carbons (Fsp3) is 0.867. The highest BCUT2D eigenvalue weighted by molar-refractivity contribution is 5.83. The summed E-state index contributed by atoms with van der Waals surface area (Å²) in [6, 6.07) is -0.792. The molecular weight excluding hydrogens is 256 g/mol. The Morgan fingerprint density at radius 2 is 1.80 bits per heavy atom. The molecule has 0 radical (unpaired) electrons. The molecule has 3 atom stereocenters. The Hall–Kier alpha value is -1.10. The molecule has 20 heavy (non-hydrogen) atoms. The number of carbonyl (C=O) groups excluding carboxylic acids is 1.